The molecule has 0 radical (unpaired) electrons. The number of allylic oxidation sites excluding steroid dienone is 2. The van der Waals surface area contributed by atoms with Gasteiger partial charge in [-0.2, -0.15) is 0 Å². The molecule has 0 amide bonds. The molecule has 0 saturated heterocycles. The molecule has 0 heterocycles. The van der Waals surface area contributed by atoms with Gasteiger partial charge in [0.2, 0.25) is 0 Å². The molecule has 0 aliphatic carbocycles. The van der Waals surface area contributed by atoms with E-state index in [1.807, 2.05) is 12.1 Å². The summed E-state index contributed by atoms with van der Waals surface area (Å²) >= 11 is 0. The van der Waals surface area contributed by atoms with E-state index in [0.29, 0.717) is 22.8 Å². The second-order valence-electron chi connectivity index (χ2n) is 6.18. The maximum atomic E-state index is 12.5. The fourth-order valence-electron chi connectivity index (χ4n) is 2.74. The van der Waals surface area contributed by atoms with E-state index in [1.54, 1.807) is 57.6 Å². The lowest BCUT2D eigenvalue weighted by molar-refractivity contribution is 0.104. The third kappa shape index (κ3) is 5.48. The molecule has 0 spiro atoms. The monoisotopic (exact) mass is 366 g/mol. The first-order valence-electron chi connectivity index (χ1n) is 8.89. The molecule has 0 unspecified atom stereocenters. The molecule has 2 rings (SSSR count). The van der Waals surface area contributed by atoms with Crippen LogP contribution in [0.15, 0.2) is 54.8 Å². The maximum Gasteiger partial charge on any atom is 0.185 e. The summed E-state index contributed by atoms with van der Waals surface area (Å²) in [7, 11) is 3.25. The number of rotatable bonds is 9. The van der Waals surface area contributed by atoms with Gasteiger partial charge in [-0.3, -0.25) is 4.79 Å². The van der Waals surface area contributed by atoms with Gasteiger partial charge in [0.05, 0.1) is 20.0 Å². The predicted molar refractivity (Wildman–Crippen MR) is 109 cm³/mol. The van der Waals surface area contributed by atoms with Gasteiger partial charge in [-0.15, -0.1) is 0 Å². The quantitative estimate of drug-likeness (QED) is 0.336. The fourth-order valence-corrected chi connectivity index (χ4v) is 2.74. The first-order valence-corrected chi connectivity index (χ1v) is 8.89. The van der Waals surface area contributed by atoms with Gasteiger partial charge >= 0.3 is 0 Å². The highest BCUT2D eigenvalue weighted by atomic mass is 16.5. The van der Waals surface area contributed by atoms with Crippen LogP contribution in [0.25, 0.3) is 6.08 Å². The van der Waals surface area contributed by atoms with Crippen molar-refractivity contribution in [2.45, 2.75) is 26.7 Å². The van der Waals surface area contributed by atoms with Crippen LogP contribution in [0.1, 0.15) is 41.8 Å². The average molecular weight is 366 g/mol. The first-order chi connectivity index (χ1) is 13.0. The molecule has 142 valence electrons. The minimum absolute atomic E-state index is 0.0909. The second kappa shape index (κ2) is 9.62. The van der Waals surface area contributed by atoms with Crippen molar-refractivity contribution in [2.24, 2.45) is 0 Å². The van der Waals surface area contributed by atoms with Gasteiger partial charge in [-0.1, -0.05) is 19.9 Å². The Bertz CT molecular complexity index is 832. The SMILES string of the molecule is C=C(C)Oc1ccc(C(=O)C=Cc2cc(CCC)c(OC)cc2OC)cc1. The smallest absolute Gasteiger partial charge is 0.185 e. The Balaban J connectivity index is 2.24. The second-order valence-corrected chi connectivity index (χ2v) is 6.18. The van der Waals surface area contributed by atoms with E-state index < -0.39 is 0 Å². The van der Waals surface area contributed by atoms with Crippen LogP contribution in [0.4, 0.5) is 0 Å². The molecule has 0 fully saturated rings. The number of ketones is 1. The van der Waals surface area contributed by atoms with Crippen molar-refractivity contribution >= 4 is 11.9 Å². The number of carbonyl (C=O) groups is 1. The van der Waals surface area contributed by atoms with E-state index in [1.165, 1.54) is 0 Å². The number of benzene rings is 2. The Hall–Kier alpha value is -3.01. The maximum absolute atomic E-state index is 12.5. The lowest BCUT2D eigenvalue weighted by atomic mass is 10.0. The zero-order chi connectivity index (χ0) is 19.8. The highest BCUT2D eigenvalue weighted by molar-refractivity contribution is 6.07. The fraction of sp³-hybridized carbons (Fsp3) is 0.261. The Kier molecular flexibility index (Phi) is 7.24. The third-order valence-electron chi connectivity index (χ3n) is 4.00. The summed E-state index contributed by atoms with van der Waals surface area (Å²) in [6.07, 6.45) is 5.22. The van der Waals surface area contributed by atoms with E-state index in [2.05, 4.69) is 13.5 Å². The molecule has 2 aromatic carbocycles. The summed E-state index contributed by atoms with van der Waals surface area (Å²) in [5, 5.41) is 0. The lowest BCUT2D eigenvalue weighted by Crippen LogP contribution is -1.97. The Morgan fingerprint density at radius 2 is 1.74 bits per heavy atom. The number of aryl methyl sites for hydroxylation is 1. The van der Waals surface area contributed by atoms with Crippen molar-refractivity contribution in [3.05, 3.63) is 71.5 Å². The van der Waals surface area contributed by atoms with Crippen molar-refractivity contribution in [3.8, 4) is 17.2 Å². The number of hydrogen-bond donors (Lipinski definition) is 0. The number of hydrogen-bond acceptors (Lipinski definition) is 4. The largest absolute Gasteiger partial charge is 0.496 e. The topological polar surface area (TPSA) is 44.8 Å². The molecule has 0 saturated carbocycles. The van der Waals surface area contributed by atoms with E-state index in [4.69, 9.17) is 14.2 Å². The van der Waals surface area contributed by atoms with Gasteiger partial charge in [0, 0.05) is 17.2 Å². The summed E-state index contributed by atoms with van der Waals surface area (Å²) < 4.78 is 16.3. The van der Waals surface area contributed by atoms with Crippen molar-refractivity contribution < 1.29 is 19.0 Å². The zero-order valence-electron chi connectivity index (χ0n) is 16.4. The number of carbonyl (C=O) groups excluding carboxylic acids is 1. The molecule has 4 heteroatoms. The van der Waals surface area contributed by atoms with Gasteiger partial charge in [0.25, 0.3) is 0 Å². The van der Waals surface area contributed by atoms with Crippen LogP contribution >= 0.6 is 0 Å². The van der Waals surface area contributed by atoms with Crippen molar-refractivity contribution in [3.63, 3.8) is 0 Å². The van der Waals surface area contributed by atoms with Crippen molar-refractivity contribution in [1.29, 1.82) is 0 Å². The van der Waals surface area contributed by atoms with Crippen LogP contribution in [-0.4, -0.2) is 20.0 Å². The molecule has 0 aliphatic rings. The molecular weight excluding hydrogens is 340 g/mol. The molecule has 4 nitrogen and oxygen atoms in total. The van der Waals surface area contributed by atoms with Gasteiger partial charge in [0.15, 0.2) is 5.78 Å². The van der Waals surface area contributed by atoms with Crippen molar-refractivity contribution in [1.82, 2.24) is 0 Å². The summed E-state index contributed by atoms with van der Waals surface area (Å²) in [5.74, 6) is 2.63. The van der Waals surface area contributed by atoms with Gasteiger partial charge < -0.3 is 14.2 Å². The predicted octanol–water partition coefficient (Wildman–Crippen LogP) is 5.46. The van der Waals surface area contributed by atoms with E-state index in [-0.39, 0.29) is 5.78 Å². The van der Waals surface area contributed by atoms with Gasteiger partial charge in [-0.25, -0.2) is 0 Å². The molecule has 27 heavy (non-hydrogen) atoms. The zero-order valence-corrected chi connectivity index (χ0v) is 16.4. The molecule has 0 aliphatic heterocycles. The minimum atomic E-state index is -0.0909. The van der Waals surface area contributed by atoms with Crippen LogP contribution in [0.2, 0.25) is 0 Å². The summed E-state index contributed by atoms with van der Waals surface area (Å²) in [6, 6.07) is 10.8. The summed E-state index contributed by atoms with van der Waals surface area (Å²) in [5.41, 5.74) is 2.52. The molecule has 2 aromatic rings. The molecule has 0 N–H and O–H groups in total. The van der Waals surface area contributed by atoms with Crippen LogP contribution in [0.5, 0.6) is 17.2 Å². The van der Waals surface area contributed by atoms with Gasteiger partial charge in [-0.05, 0) is 61.4 Å². The van der Waals surface area contributed by atoms with Crippen LogP contribution in [0, 0.1) is 0 Å². The summed E-state index contributed by atoms with van der Waals surface area (Å²) in [4.78, 5) is 12.5. The average Bonchev–Trinajstić information content (AvgIpc) is 2.66. The van der Waals surface area contributed by atoms with Gasteiger partial charge in [0.1, 0.15) is 17.2 Å². The van der Waals surface area contributed by atoms with Crippen LogP contribution in [0.3, 0.4) is 0 Å². The Morgan fingerprint density at radius 3 is 2.30 bits per heavy atom. The number of methoxy groups -OCH3 is 2. The Labute approximate surface area is 161 Å². The first kappa shape index (κ1) is 20.3. The molecule has 0 aromatic heterocycles. The highest BCUT2D eigenvalue weighted by Gasteiger charge is 2.10. The highest BCUT2D eigenvalue weighted by Crippen LogP contribution is 2.31. The molecular formula is C23H26O4. The third-order valence-corrected chi connectivity index (χ3v) is 4.00. The number of ether oxygens (including phenoxy) is 3. The van der Waals surface area contributed by atoms with E-state index in [9.17, 15) is 4.79 Å². The van der Waals surface area contributed by atoms with E-state index >= 15 is 0 Å². The minimum Gasteiger partial charge on any atom is -0.496 e. The summed E-state index contributed by atoms with van der Waals surface area (Å²) in [6.45, 7) is 7.59. The molecule has 0 bridgehead atoms. The lowest BCUT2D eigenvalue weighted by Gasteiger charge is -2.12. The van der Waals surface area contributed by atoms with Crippen LogP contribution in [-0.2, 0) is 6.42 Å². The standard InChI is InChI=1S/C23H26O4/c1-6-7-18-14-19(23(26-5)15-22(18)25-4)10-13-21(24)17-8-11-20(12-9-17)27-16(2)3/h8-15H,2,6-7H2,1,3-5H3. The molecule has 0 atom stereocenters. The normalized spacial score (nSPS) is 10.7. The van der Waals surface area contributed by atoms with Crippen molar-refractivity contribution in [2.75, 3.05) is 14.2 Å². The van der Waals surface area contributed by atoms with E-state index in [0.717, 1.165) is 29.7 Å². The van der Waals surface area contributed by atoms with Crippen LogP contribution < -0.4 is 14.2 Å². The Morgan fingerprint density at radius 1 is 1.07 bits per heavy atom.